The number of fused-ring (bicyclic) bond motifs is 1. The molecule has 0 radical (unpaired) electrons. The van der Waals surface area contributed by atoms with Gasteiger partial charge in [-0.3, -0.25) is 10.1 Å². The van der Waals surface area contributed by atoms with Gasteiger partial charge in [-0.15, -0.1) is 0 Å². The number of hydrogen-bond acceptors (Lipinski definition) is 8. The lowest BCUT2D eigenvalue weighted by Crippen LogP contribution is -2.32. The van der Waals surface area contributed by atoms with Gasteiger partial charge >= 0.3 is 0 Å². The topological polar surface area (TPSA) is 115 Å². The van der Waals surface area contributed by atoms with Gasteiger partial charge in [0.25, 0.3) is 0 Å². The van der Waals surface area contributed by atoms with Crippen molar-refractivity contribution in [2.24, 2.45) is 5.73 Å². The van der Waals surface area contributed by atoms with Gasteiger partial charge in [-0.2, -0.15) is 10.1 Å². The molecule has 0 spiro atoms. The van der Waals surface area contributed by atoms with Crippen LogP contribution >= 0.6 is 0 Å². The van der Waals surface area contributed by atoms with E-state index in [9.17, 15) is 0 Å². The third kappa shape index (κ3) is 4.52. The van der Waals surface area contributed by atoms with Gasteiger partial charge in [0.15, 0.2) is 5.82 Å². The Bertz CT molecular complexity index is 955. The van der Waals surface area contributed by atoms with E-state index in [4.69, 9.17) is 20.2 Å². The highest BCUT2D eigenvalue weighted by molar-refractivity contribution is 5.88. The van der Waals surface area contributed by atoms with Gasteiger partial charge in [0.1, 0.15) is 18.2 Å². The molecule has 4 rings (SSSR count). The second-order valence-electron chi connectivity index (χ2n) is 7.64. The number of anilines is 1. The van der Waals surface area contributed by atoms with E-state index in [0.29, 0.717) is 18.3 Å². The summed E-state index contributed by atoms with van der Waals surface area (Å²) >= 11 is 0. The first-order valence-corrected chi connectivity index (χ1v) is 10.5. The van der Waals surface area contributed by atoms with Crippen LogP contribution in [-0.4, -0.2) is 64.1 Å². The van der Waals surface area contributed by atoms with E-state index < -0.39 is 0 Å². The summed E-state index contributed by atoms with van der Waals surface area (Å²) in [7, 11) is 1.70. The van der Waals surface area contributed by atoms with Crippen molar-refractivity contribution >= 4 is 16.7 Å². The van der Waals surface area contributed by atoms with Crippen LogP contribution in [0.1, 0.15) is 32.6 Å². The summed E-state index contributed by atoms with van der Waals surface area (Å²) in [6, 6.07) is 4.28. The first-order valence-electron chi connectivity index (χ1n) is 10.5. The smallest absolute Gasteiger partial charge is 0.225 e. The lowest BCUT2D eigenvalue weighted by Gasteiger charge is -2.28. The molecule has 0 amide bonds. The Morgan fingerprint density at radius 2 is 2.03 bits per heavy atom. The zero-order valence-corrected chi connectivity index (χ0v) is 17.5. The number of ether oxygens (including phenoxy) is 2. The SMILES string of the molecule is CCN(CCOC)c1cc2ncc(-c3ncn[nH]3)cc2c(OC2CCC(N)CC2)n1. The van der Waals surface area contributed by atoms with Crippen LogP contribution in [0.15, 0.2) is 24.7 Å². The van der Waals surface area contributed by atoms with Crippen molar-refractivity contribution in [3.05, 3.63) is 24.7 Å². The number of pyridine rings is 2. The molecule has 0 aliphatic heterocycles. The quantitative estimate of drug-likeness (QED) is 0.581. The first-order chi connectivity index (χ1) is 14.7. The van der Waals surface area contributed by atoms with Crippen molar-refractivity contribution in [3.8, 4) is 17.3 Å². The molecule has 0 bridgehead atoms. The molecule has 0 unspecified atom stereocenters. The van der Waals surface area contributed by atoms with Crippen LogP contribution in [0.3, 0.4) is 0 Å². The first kappa shape index (κ1) is 20.5. The predicted octanol–water partition coefficient (Wildman–Crippen LogP) is 2.54. The third-order valence-electron chi connectivity index (χ3n) is 5.59. The van der Waals surface area contributed by atoms with Crippen LogP contribution in [0.25, 0.3) is 22.3 Å². The zero-order chi connectivity index (χ0) is 20.9. The zero-order valence-electron chi connectivity index (χ0n) is 17.5. The Morgan fingerprint density at radius 1 is 1.20 bits per heavy atom. The molecule has 1 aliphatic rings. The van der Waals surface area contributed by atoms with Gasteiger partial charge in [-0.25, -0.2) is 4.98 Å². The molecule has 30 heavy (non-hydrogen) atoms. The molecule has 3 heterocycles. The molecule has 3 aromatic heterocycles. The largest absolute Gasteiger partial charge is 0.474 e. The van der Waals surface area contributed by atoms with Crippen LogP contribution in [-0.2, 0) is 4.74 Å². The van der Waals surface area contributed by atoms with Crippen LogP contribution in [0, 0.1) is 0 Å². The summed E-state index contributed by atoms with van der Waals surface area (Å²) in [4.78, 5) is 16.0. The summed E-state index contributed by atoms with van der Waals surface area (Å²) in [5.74, 6) is 2.11. The molecule has 3 N–H and O–H groups in total. The summed E-state index contributed by atoms with van der Waals surface area (Å²) < 4.78 is 11.7. The number of aromatic amines is 1. The summed E-state index contributed by atoms with van der Waals surface area (Å²) in [6.45, 7) is 4.29. The Labute approximate surface area is 176 Å². The minimum Gasteiger partial charge on any atom is -0.474 e. The third-order valence-corrected chi connectivity index (χ3v) is 5.59. The minimum absolute atomic E-state index is 0.110. The van der Waals surface area contributed by atoms with Crippen molar-refractivity contribution in [1.29, 1.82) is 0 Å². The normalized spacial score (nSPS) is 19.2. The summed E-state index contributed by atoms with van der Waals surface area (Å²) in [5, 5.41) is 7.69. The van der Waals surface area contributed by atoms with Crippen LogP contribution in [0.4, 0.5) is 5.82 Å². The van der Waals surface area contributed by atoms with Gasteiger partial charge < -0.3 is 20.1 Å². The number of hydrogen-bond donors (Lipinski definition) is 2. The van der Waals surface area contributed by atoms with Gasteiger partial charge in [-0.05, 0) is 38.7 Å². The van der Waals surface area contributed by atoms with Crippen molar-refractivity contribution in [3.63, 3.8) is 0 Å². The molecule has 1 aliphatic carbocycles. The molecule has 3 aromatic rings. The molecule has 9 heteroatoms. The molecular formula is C21H29N7O2. The maximum absolute atomic E-state index is 6.42. The van der Waals surface area contributed by atoms with E-state index in [1.54, 1.807) is 13.3 Å². The molecule has 1 fully saturated rings. The van der Waals surface area contributed by atoms with E-state index >= 15 is 0 Å². The maximum Gasteiger partial charge on any atom is 0.225 e. The Morgan fingerprint density at radius 3 is 2.73 bits per heavy atom. The highest BCUT2D eigenvalue weighted by atomic mass is 16.5. The fourth-order valence-corrected chi connectivity index (χ4v) is 3.81. The number of nitrogens with two attached hydrogens (primary N) is 1. The standard InChI is InChI=1S/C21H29N7O2/c1-3-28(8-9-29-2)19-11-18-17(10-14(12-23-18)20-24-13-25-27-20)21(26-19)30-16-6-4-15(22)5-7-16/h10-13,15-16H,3-9,22H2,1-2H3,(H,24,25,27). The van der Waals surface area contributed by atoms with Gasteiger partial charge in [0, 0.05) is 44.1 Å². The molecular weight excluding hydrogens is 382 g/mol. The molecule has 0 saturated heterocycles. The molecule has 0 aromatic carbocycles. The molecule has 0 atom stereocenters. The number of aromatic nitrogens is 5. The van der Waals surface area contributed by atoms with Crippen LogP contribution in [0.5, 0.6) is 5.88 Å². The Hall–Kier alpha value is -2.78. The van der Waals surface area contributed by atoms with E-state index in [1.165, 1.54) is 6.33 Å². The maximum atomic E-state index is 6.42. The highest BCUT2D eigenvalue weighted by Gasteiger charge is 2.22. The average Bonchev–Trinajstić information content (AvgIpc) is 3.31. The fourth-order valence-electron chi connectivity index (χ4n) is 3.81. The van der Waals surface area contributed by atoms with Gasteiger partial charge in [0.2, 0.25) is 5.88 Å². The lowest BCUT2D eigenvalue weighted by atomic mass is 9.94. The van der Waals surface area contributed by atoms with E-state index in [-0.39, 0.29) is 12.1 Å². The summed E-state index contributed by atoms with van der Waals surface area (Å²) in [5.41, 5.74) is 7.75. The van der Waals surface area contributed by atoms with Gasteiger partial charge in [0.05, 0.1) is 17.5 Å². The van der Waals surface area contributed by atoms with Gasteiger partial charge in [-0.1, -0.05) is 0 Å². The Kier molecular flexibility index (Phi) is 6.39. The average molecular weight is 412 g/mol. The molecule has 1 saturated carbocycles. The van der Waals surface area contributed by atoms with Crippen molar-refractivity contribution in [1.82, 2.24) is 25.1 Å². The van der Waals surface area contributed by atoms with E-state index in [2.05, 4.69) is 32.0 Å². The highest BCUT2D eigenvalue weighted by Crippen LogP contribution is 2.32. The fraction of sp³-hybridized carbons (Fsp3) is 0.524. The lowest BCUT2D eigenvalue weighted by molar-refractivity contribution is 0.143. The predicted molar refractivity (Wildman–Crippen MR) is 116 cm³/mol. The Balaban J connectivity index is 1.73. The second-order valence-corrected chi connectivity index (χ2v) is 7.64. The van der Waals surface area contributed by atoms with E-state index in [1.807, 2.05) is 12.1 Å². The second kappa shape index (κ2) is 9.36. The van der Waals surface area contributed by atoms with Crippen molar-refractivity contribution < 1.29 is 9.47 Å². The number of nitrogens with one attached hydrogen (secondary N) is 1. The molecule has 9 nitrogen and oxygen atoms in total. The number of methoxy groups -OCH3 is 1. The number of likely N-dealkylation sites (N-methyl/N-ethyl adjacent to an activating group) is 1. The number of nitrogens with zero attached hydrogens (tertiary/aromatic N) is 5. The number of rotatable bonds is 8. The van der Waals surface area contributed by atoms with Crippen molar-refractivity contribution in [2.75, 3.05) is 31.7 Å². The number of H-pyrrole nitrogens is 1. The van der Waals surface area contributed by atoms with Crippen LogP contribution in [0.2, 0.25) is 0 Å². The van der Waals surface area contributed by atoms with Crippen molar-refractivity contribution in [2.45, 2.75) is 44.8 Å². The molecule has 160 valence electrons. The minimum atomic E-state index is 0.110. The summed E-state index contributed by atoms with van der Waals surface area (Å²) in [6.07, 6.45) is 7.20. The van der Waals surface area contributed by atoms with E-state index in [0.717, 1.165) is 61.1 Å². The van der Waals surface area contributed by atoms with Crippen LogP contribution < -0.4 is 15.4 Å². The monoisotopic (exact) mass is 411 g/mol.